The zero-order valence-corrected chi connectivity index (χ0v) is 20.2. The molecule has 1 amide bonds. The molecule has 1 aliphatic heterocycles. The summed E-state index contributed by atoms with van der Waals surface area (Å²) in [5, 5.41) is 11.3. The zero-order valence-electron chi connectivity index (χ0n) is 20.2. The molecule has 1 fully saturated rings. The minimum Gasteiger partial charge on any atom is -0.507 e. The van der Waals surface area contributed by atoms with Gasteiger partial charge in [0.1, 0.15) is 23.0 Å². The number of carbonyl (C=O) groups excluding carboxylic acids is 2. The van der Waals surface area contributed by atoms with Crippen molar-refractivity contribution in [2.75, 3.05) is 41.1 Å². The zero-order chi connectivity index (χ0) is 24.8. The van der Waals surface area contributed by atoms with Gasteiger partial charge in [-0.3, -0.25) is 9.59 Å². The second kappa shape index (κ2) is 11.1. The minimum atomic E-state index is -0.825. The number of carbonyl (C=O) groups is 2. The van der Waals surface area contributed by atoms with E-state index in [0.29, 0.717) is 35.3 Å². The van der Waals surface area contributed by atoms with Crippen molar-refractivity contribution >= 4 is 17.4 Å². The van der Waals surface area contributed by atoms with Gasteiger partial charge in [-0.2, -0.15) is 0 Å². The van der Waals surface area contributed by atoms with Crippen LogP contribution in [0.2, 0.25) is 0 Å². The molecule has 1 unspecified atom stereocenters. The van der Waals surface area contributed by atoms with E-state index in [2.05, 4.69) is 0 Å². The van der Waals surface area contributed by atoms with Crippen LogP contribution in [0.4, 0.5) is 0 Å². The Morgan fingerprint density at radius 3 is 2.44 bits per heavy atom. The summed E-state index contributed by atoms with van der Waals surface area (Å²) in [5.74, 6) is -0.0757. The van der Waals surface area contributed by atoms with E-state index in [1.54, 1.807) is 36.4 Å². The second-order valence-electron chi connectivity index (χ2n) is 8.33. The topological polar surface area (TPSA) is 94.5 Å². The Hall–Kier alpha value is -3.52. The van der Waals surface area contributed by atoms with Gasteiger partial charge in [0, 0.05) is 13.7 Å². The lowest BCUT2D eigenvalue weighted by molar-refractivity contribution is -0.140. The van der Waals surface area contributed by atoms with Gasteiger partial charge in [0.05, 0.1) is 44.6 Å². The van der Waals surface area contributed by atoms with Crippen molar-refractivity contribution in [1.29, 1.82) is 0 Å². The quantitative estimate of drug-likeness (QED) is 0.321. The molecule has 0 bridgehead atoms. The van der Waals surface area contributed by atoms with Crippen LogP contribution in [0.1, 0.15) is 31.0 Å². The fraction of sp³-hybridized carbons (Fsp3) is 0.385. The van der Waals surface area contributed by atoms with Crippen molar-refractivity contribution in [3.05, 3.63) is 59.2 Å². The molecule has 0 spiro atoms. The molecule has 8 nitrogen and oxygen atoms in total. The summed E-state index contributed by atoms with van der Waals surface area (Å²) in [5.41, 5.74) is 0.859. The van der Waals surface area contributed by atoms with Crippen molar-refractivity contribution in [3.8, 4) is 17.2 Å². The van der Waals surface area contributed by atoms with Gasteiger partial charge in [0.2, 0.25) is 0 Å². The molecule has 1 N–H and O–H groups in total. The van der Waals surface area contributed by atoms with E-state index < -0.39 is 17.7 Å². The van der Waals surface area contributed by atoms with Crippen molar-refractivity contribution in [1.82, 2.24) is 4.90 Å². The summed E-state index contributed by atoms with van der Waals surface area (Å²) in [6.45, 7) is 5.02. The number of nitrogens with zero attached hydrogens (tertiary/aromatic N) is 1. The van der Waals surface area contributed by atoms with Gasteiger partial charge >= 0.3 is 0 Å². The normalized spacial score (nSPS) is 17.4. The number of rotatable bonds is 10. The number of aliphatic hydroxyl groups excluding tert-OH is 1. The molecule has 8 heteroatoms. The van der Waals surface area contributed by atoms with Gasteiger partial charge in [-0.25, -0.2) is 0 Å². The van der Waals surface area contributed by atoms with Crippen LogP contribution in [0.3, 0.4) is 0 Å². The summed E-state index contributed by atoms with van der Waals surface area (Å²) in [7, 11) is 4.48. The molecular weight excluding hydrogens is 438 g/mol. The fourth-order valence-electron chi connectivity index (χ4n) is 3.83. The number of ketones is 1. The Balaban J connectivity index is 2.18. The van der Waals surface area contributed by atoms with Crippen LogP contribution in [0.5, 0.6) is 17.2 Å². The first-order valence-corrected chi connectivity index (χ1v) is 11.0. The summed E-state index contributed by atoms with van der Waals surface area (Å²) in [6.07, 6.45) is 0. The van der Waals surface area contributed by atoms with Crippen LogP contribution >= 0.6 is 0 Å². The van der Waals surface area contributed by atoms with Gasteiger partial charge in [0.15, 0.2) is 0 Å². The second-order valence-corrected chi connectivity index (χ2v) is 8.33. The molecule has 34 heavy (non-hydrogen) atoms. The molecule has 0 aliphatic carbocycles. The SMILES string of the molecule is COCCN1C(=O)C(=O)/C(=C(/O)c2cc(OC)ccc2OC)C1c1cccc(OCC(C)C)c1. The van der Waals surface area contributed by atoms with Gasteiger partial charge < -0.3 is 29.0 Å². The lowest BCUT2D eigenvalue weighted by atomic mass is 9.94. The highest BCUT2D eigenvalue weighted by molar-refractivity contribution is 6.46. The number of Topliss-reactive ketones (excluding diaryl/α,β-unsaturated/α-hetero) is 1. The van der Waals surface area contributed by atoms with Gasteiger partial charge in [-0.1, -0.05) is 26.0 Å². The number of hydrogen-bond acceptors (Lipinski definition) is 7. The first-order valence-electron chi connectivity index (χ1n) is 11.0. The fourth-order valence-corrected chi connectivity index (χ4v) is 3.83. The molecule has 2 aromatic carbocycles. The maximum atomic E-state index is 13.2. The molecule has 0 aromatic heterocycles. The van der Waals surface area contributed by atoms with Crippen LogP contribution in [-0.2, 0) is 14.3 Å². The Labute approximate surface area is 199 Å². The van der Waals surface area contributed by atoms with Gasteiger partial charge in [-0.05, 0) is 41.8 Å². The predicted molar refractivity (Wildman–Crippen MR) is 127 cm³/mol. The van der Waals surface area contributed by atoms with Crippen molar-refractivity contribution in [3.63, 3.8) is 0 Å². The number of hydrogen-bond donors (Lipinski definition) is 1. The summed E-state index contributed by atoms with van der Waals surface area (Å²) in [4.78, 5) is 27.6. The third-order valence-electron chi connectivity index (χ3n) is 5.50. The van der Waals surface area contributed by atoms with Crippen molar-refractivity contribution in [2.45, 2.75) is 19.9 Å². The van der Waals surface area contributed by atoms with Crippen LogP contribution in [0, 0.1) is 5.92 Å². The predicted octanol–water partition coefficient (Wildman–Crippen LogP) is 3.81. The van der Waals surface area contributed by atoms with E-state index in [1.165, 1.54) is 26.2 Å². The van der Waals surface area contributed by atoms with Crippen LogP contribution in [0.25, 0.3) is 5.76 Å². The monoisotopic (exact) mass is 469 g/mol. The third kappa shape index (κ3) is 5.17. The Morgan fingerprint density at radius 1 is 1.03 bits per heavy atom. The van der Waals surface area contributed by atoms with E-state index in [4.69, 9.17) is 18.9 Å². The summed E-state index contributed by atoms with van der Waals surface area (Å²) < 4.78 is 21.7. The Kier molecular flexibility index (Phi) is 8.17. The van der Waals surface area contributed by atoms with Crippen LogP contribution < -0.4 is 14.2 Å². The molecule has 0 saturated carbocycles. The first-order chi connectivity index (χ1) is 16.3. The molecule has 0 radical (unpaired) electrons. The number of ether oxygens (including phenoxy) is 4. The Bertz CT molecular complexity index is 1080. The van der Waals surface area contributed by atoms with E-state index >= 15 is 0 Å². The number of methoxy groups -OCH3 is 3. The molecule has 1 atom stereocenters. The third-order valence-corrected chi connectivity index (χ3v) is 5.50. The van der Waals surface area contributed by atoms with E-state index in [1.807, 2.05) is 19.9 Å². The highest BCUT2D eigenvalue weighted by Gasteiger charge is 2.46. The maximum Gasteiger partial charge on any atom is 0.295 e. The lowest BCUT2D eigenvalue weighted by Crippen LogP contribution is -2.32. The lowest BCUT2D eigenvalue weighted by Gasteiger charge is -2.25. The first kappa shape index (κ1) is 25.1. The molecule has 2 aromatic rings. The van der Waals surface area contributed by atoms with E-state index in [-0.39, 0.29) is 30.0 Å². The molecule has 1 heterocycles. The number of amides is 1. The molecule has 1 saturated heterocycles. The van der Waals surface area contributed by atoms with E-state index in [0.717, 1.165) is 0 Å². The summed E-state index contributed by atoms with van der Waals surface area (Å²) in [6, 6.07) is 11.3. The van der Waals surface area contributed by atoms with Gasteiger partial charge in [-0.15, -0.1) is 0 Å². The molecule has 3 rings (SSSR count). The molecule has 182 valence electrons. The summed E-state index contributed by atoms with van der Waals surface area (Å²) >= 11 is 0. The van der Waals surface area contributed by atoms with Crippen LogP contribution in [0.15, 0.2) is 48.0 Å². The highest BCUT2D eigenvalue weighted by atomic mass is 16.5. The number of benzene rings is 2. The van der Waals surface area contributed by atoms with Crippen molar-refractivity contribution < 1.29 is 33.6 Å². The number of likely N-dealkylation sites (tertiary alicyclic amines) is 1. The van der Waals surface area contributed by atoms with Crippen LogP contribution in [-0.4, -0.2) is 62.8 Å². The molecule has 1 aliphatic rings. The van der Waals surface area contributed by atoms with Gasteiger partial charge in [0.25, 0.3) is 11.7 Å². The van der Waals surface area contributed by atoms with E-state index in [9.17, 15) is 14.7 Å². The maximum absolute atomic E-state index is 13.2. The minimum absolute atomic E-state index is 0.0336. The Morgan fingerprint density at radius 2 is 1.79 bits per heavy atom. The standard InChI is InChI=1S/C26H31NO7/c1-16(2)15-34-19-8-6-7-17(13-19)23-22(25(29)26(30)27(23)11-12-31-3)24(28)20-14-18(32-4)9-10-21(20)33-5/h6-10,13-14,16,23,28H,11-12,15H2,1-5H3/b24-22+. The average Bonchev–Trinajstić information content (AvgIpc) is 3.10. The number of aliphatic hydroxyl groups is 1. The highest BCUT2D eigenvalue weighted by Crippen LogP contribution is 2.42. The largest absolute Gasteiger partial charge is 0.507 e. The average molecular weight is 470 g/mol. The smallest absolute Gasteiger partial charge is 0.295 e. The molecular formula is C26H31NO7. The van der Waals surface area contributed by atoms with Crippen molar-refractivity contribution in [2.24, 2.45) is 5.92 Å².